The number of nitrogen functional groups attached to an aromatic ring is 2. The molecule has 0 saturated carbocycles. The van der Waals surface area contributed by atoms with Crippen molar-refractivity contribution in [3.63, 3.8) is 0 Å². The molecule has 0 aliphatic heterocycles. The molecule has 0 radical (unpaired) electrons. The van der Waals surface area contributed by atoms with Gasteiger partial charge in [0, 0.05) is 28.1 Å². The van der Waals surface area contributed by atoms with Gasteiger partial charge < -0.3 is 16.4 Å². The molecule has 3 nitrogen and oxygen atoms in total. The predicted molar refractivity (Wildman–Crippen MR) is 166 cm³/mol. The van der Waals surface area contributed by atoms with E-state index < -0.39 is 0 Å². The van der Waals surface area contributed by atoms with Gasteiger partial charge in [-0.2, -0.15) is 0 Å². The summed E-state index contributed by atoms with van der Waals surface area (Å²) in [6.45, 7) is 0. The quantitative estimate of drug-likeness (QED) is 0.223. The van der Waals surface area contributed by atoms with Crippen molar-refractivity contribution in [2.24, 2.45) is 0 Å². The molecule has 0 amide bonds. The summed E-state index contributed by atoms with van der Waals surface area (Å²) in [6.07, 6.45) is 0. The van der Waals surface area contributed by atoms with Gasteiger partial charge in [-0.05, 0) is 41.0 Å². The molecule has 3 heteroatoms. The zero-order valence-corrected chi connectivity index (χ0v) is 21.5. The Balaban J connectivity index is 1.82. The third kappa shape index (κ3) is 4.51. The standard InChI is InChI=1S/C36H29N3/c37-34-31(26-16-6-1-7-17-26)35(38)33(28-20-10-3-11-21-28)36(32(34)27-18-8-2-9-19-27)39(29-22-12-4-13-23-29)30-24-14-5-15-25-30/h1-25H,37-38H2. The summed E-state index contributed by atoms with van der Waals surface area (Å²) in [5, 5.41) is 0. The fraction of sp³-hybridized carbons (Fsp3) is 0. The lowest BCUT2D eigenvalue weighted by Crippen LogP contribution is -2.15. The highest BCUT2D eigenvalue weighted by Gasteiger charge is 2.28. The number of nitrogens with zero attached hydrogens (tertiary/aromatic N) is 1. The van der Waals surface area contributed by atoms with Gasteiger partial charge in [0.15, 0.2) is 0 Å². The normalized spacial score (nSPS) is 10.8. The van der Waals surface area contributed by atoms with Gasteiger partial charge >= 0.3 is 0 Å². The van der Waals surface area contributed by atoms with Crippen molar-refractivity contribution >= 4 is 28.4 Å². The first-order chi connectivity index (χ1) is 19.2. The van der Waals surface area contributed by atoms with E-state index in [9.17, 15) is 0 Å². The van der Waals surface area contributed by atoms with Crippen LogP contribution >= 0.6 is 0 Å². The second-order valence-electron chi connectivity index (χ2n) is 9.41. The van der Waals surface area contributed by atoms with Crippen LogP contribution in [0.4, 0.5) is 28.4 Å². The highest BCUT2D eigenvalue weighted by Crippen LogP contribution is 2.55. The Kier molecular flexibility index (Phi) is 6.55. The molecule has 0 aliphatic rings. The second-order valence-corrected chi connectivity index (χ2v) is 9.41. The molecule has 188 valence electrons. The Morgan fingerprint density at radius 2 is 0.615 bits per heavy atom. The molecule has 6 aromatic rings. The monoisotopic (exact) mass is 503 g/mol. The predicted octanol–water partition coefficient (Wildman–Crippen LogP) is 9.32. The second kappa shape index (κ2) is 10.6. The van der Waals surface area contributed by atoms with E-state index in [1.54, 1.807) is 0 Å². The molecule has 39 heavy (non-hydrogen) atoms. The summed E-state index contributed by atoms with van der Waals surface area (Å²) in [4.78, 5) is 2.27. The van der Waals surface area contributed by atoms with Gasteiger partial charge in [0.1, 0.15) is 0 Å². The van der Waals surface area contributed by atoms with Crippen molar-refractivity contribution in [2.45, 2.75) is 0 Å². The molecule has 0 aliphatic carbocycles. The van der Waals surface area contributed by atoms with Gasteiger partial charge in [0.25, 0.3) is 0 Å². The molecular weight excluding hydrogens is 474 g/mol. The largest absolute Gasteiger partial charge is 0.398 e. The first kappa shape index (κ1) is 24.1. The van der Waals surface area contributed by atoms with Crippen LogP contribution in [0.25, 0.3) is 33.4 Å². The third-order valence-electron chi connectivity index (χ3n) is 6.99. The number of rotatable bonds is 6. The van der Waals surface area contributed by atoms with Crippen molar-refractivity contribution in [1.29, 1.82) is 0 Å². The van der Waals surface area contributed by atoms with Crippen LogP contribution in [0.3, 0.4) is 0 Å². The molecule has 6 aromatic carbocycles. The van der Waals surface area contributed by atoms with Gasteiger partial charge in [-0.3, -0.25) is 0 Å². The average Bonchev–Trinajstić information content (AvgIpc) is 3.00. The molecule has 0 heterocycles. The number of anilines is 5. The van der Waals surface area contributed by atoms with Gasteiger partial charge in [-0.1, -0.05) is 127 Å². The van der Waals surface area contributed by atoms with Crippen LogP contribution in [0.1, 0.15) is 0 Å². The molecule has 0 saturated heterocycles. The van der Waals surface area contributed by atoms with E-state index >= 15 is 0 Å². The summed E-state index contributed by atoms with van der Waals surface area (Å²) in [5.74, 6) is 0. The summed E-state index contributed by atoms with van der Waals surface area (Å²) in [5.41, 5.74) is 24.4. The van der Waals surface area contributed by atoms with Crippen LogP contribution in [-0.2, 0) is 0 Å². The molecule has 4 N–H and O–H groups in total. The molecule has 0 bridgehead atoms. The highest BCUT2D eigenvalue weighted by molar-refractivity contribution is 6.12. The third-order valence-corrected chi connectivity index (χ3v) is 6.99. The van der Waals surface area contributed by atoms with Crippen LogP contribution in [0.2, 0.25) is 0 Å². The number of nitrogens with two attached hydrogens (primary N) is 2. The van der Waals surface area contributed by atoms with Crippen LogP contribution in [0, 0.1) is 0 Å². The zero-order chi connectivity index (χ0) is 26.6. The van der Waals surface area contributed by atoms with E-state index in [2.05, 4.69) is 114 Å². The van der Waals surface area contributed by atoms with Crippen molar-refractivity contribution in [2.75, 3.05) is 16.4 Å². The topological polar surface area (TPSA) is 55.3 Å². The average molecular weight is 504 g/mol. The Morgan fingerprint density at radius 3 is 0.949 bits per heavy atom. The van der Waals surface area contributed by atoms with Crippen molar-refractivity contribution in [3.05, 3.63) is 152 Å². The van der Waals surface area contributed by atoms with E-state index in [-0.39, 0.29) is 0 Å². The molecule has 0 spiro atoms. The van der Waals surface area contributed by atoms with Crippen molar-refractivity contribution < 1.29 is 0 Å². The summed E-state index contributed by atoms with van der Waals surface area (Å²) < 4.78 is 0. The van der Waals surface area contributed by atoms with Gasteiger partial charge in [-0.15, -0.1) is 0 Å². The first-order valence-electron chi connectivity index (χ1n) is 13.1. The number of hydrogen-bond acceptors (Lipinski definition) is 3. The summed E-state index contributed by atoms with van der Waals surface area (Å²) in [7, 11) is 0. The summed E-state index contributed by atoms with van der Waals surface area (Å²) in [6, 6.07) is 51.7. The fourth-order valence-corrected chi connectivity index (χ4v) is 5.27. The van der Waals surface area contributed by atoms with Crippen LogP contribution < -0.4 is 16.4 Å². The lowest BCUT2D eigenvalue weighted by Gasteiger charge is -2.33. The molecule has 0 fully saturated rings. The van der Waals surface area contributed by atoms with Crippen LogP contribution in [-0.4, -0.2) is 0 Å². The Hall–Kier alpha value is -5.28. The molecule has 6 rings (SSSR count). The highest BCUT2D eigenvalue weighted by atomic mass is 15.1. The van der Waals surface area contributed by atoms with Crippen LogP contribution in [0.5, 0.6) is 0 Å². The number of benzene rings is 6. The Labute approximate surface area is 229 Å². The smallest absolute Gasteiger partial charge is 0.0660 e. The van der Waals surface area contributed by atoms with Gasteiger partial charge in [0.05, 0.1) is 17.1 Å². The minimum Gasteiger partial charge on any atom is -0.398 e. The minimum absolute atomic E-state index is 0.649. The maximum atomic E-state index is 7.18. The molecule has 0 atom stereocenters. The van der Waals surface area contributed by atoms with Crippen molar-refractivity contribution in [3.8, 4) is 33.4 Å². The molecular formula is C36H29N3. The first-order valence-corrected chi connectivity index (χ1v) is 13.1. The zero-order valence-electron chi connectivity index (χ0n) is 21.5. The Morgan fingerprint density at radius 1 is 0.333 bits per heavy atom. The maximum absolute atomic E-state index is 7.18. The van der Waals surface area contributed by atoms with E-state index in [4.69, 9.17) is 11.5 Å². The Bertz CT molecular complexity index is 1580. The van der Waals surface area contributed by atoms with E-state index in [1.807, 2.05) is 42.5 Å². The lowest BCUT2D eigenvalue weighted by molar-refractivity contribution is 1.28. The van der Waals surface area contributed by atoms with Crippen LogP contribution in [0.15, 0.2) is 152 Å². The van der Waals surface area contributed by atoms with E-state index in [0.29, 0.717) is 11.4 Å². The van der Waals surface area contributed by atoms with Gasteiger partial charge in [0.2, 0.25) is 0 Å². The number of hydrogen-bond donors (Lipinski definition) is 2. The molecule has 0 aromatic heterocycles. The lowest BCUT2D eigenvalue weighted by atomic mass is 9.86. The van der Waals surface area contributed by atoms with Crippen molar-refractivity contribution in [1.82, 2.24) is 0 Å². The minimum atomic E-state index is 0.649. The fourth-order valence-electron chi connectivity index (χ4n) is 5.27. The maximum Gasteiger partial charge on any atom is 0.0660 e. The van der Waals surface area contributed by atoms with E-state index in [1.165, 1.54) is 0 Å². The summed E-state index contributed by atoms with van der Waals surface area (Å²) >= 11 is 0. The van der Waals surface area contributed by atoms with Gasteiger partial charge in [-0.25, -0.2) is 0 Å². The SMILES string of the molecule is Nc1c(-c2ccccc2)c(N)c(-c2ccccc2)c(N(c2ccccc2)c2ccccc2)c1-c1ccccc1. The number of para-hydroxylation sites is 2. The molecule has 0 unspecified atom stereocenters. The van der Waals surface area contributed by atoms with E-state index in [0.717, 1.165) is 50.4 Å².